The minimum atomic E-state index is -1.06. The van der Waals surface area contributed by atoms with Crippen molar-refractivity contribution < 1.29 is 19.8 Å². The standard InChI is InChI=1S/C14H20N2O4/c1-3-10(17)5-4-8-15-13(18)12-7-6-11(14(19)20)9(2)16-12/h6-7,10,17H,3-5,8H2,1-2H3,(H,15,18)(H,19,20). The summed E-state index contributed by atoms with van der Waals surface area (Å²) >= 11 is 0. The summed E-state index contributed by atoms with van der Waals surface area (Å²) in [6.07, 6.45) is 1.70. The molecule has 0 spiro atoms. The molecular formula is C14H20N2O4. The van der Waals surface area contributed by atoms with Gasteiger partial charge in [-0.25, -0.2) is 9.78 Å². The Morgan fingerprint density at radius 2 is 2.10 bits per heavy atom. The zero-order valence-corrected chi connectivity index (χ0v) is 11.7. The molecule has 20 heavy (non-hydrogen) atoms. The van der Waals surface area contributed by atoms with Gasteiger partial charge in [0.2, 0.25) is 0 Å². The highest BCUT2D eigenvalue weighted by Gasteiger charge is 2.12. The highest BCUT2D eigenvalue weighted by atomic mass is 16.4. The summed E-state index contributed by atoms with van der Waals surface area (Å²) in [5, 5.41) is 21.0. The SMILES string of the molecule is CCC(O)CCCNC(=O)c1ccc(C(=O)O)c(C)n1. The maximum atomic E-state index is 11.8. The van der Waals surface area contributed by atoms with Gasteiger partial charge in [-0.05, 0) is 38.3 Å². The van der Waals surface area contributed by atoms with Crippen molar-refractivity contribution in [1.82, 2.24) is 10.3 Å². The molecule has 1 aromatic rings. The van der Waals surface area contributed by atoms with Crippen molar-refractivity contribution in [3.63, 3.8) is 0 Å². The molecule has 0 aliphatic carbocycles. The summed E-state index contributed by atoms with van der Waals surface area (Å²) in [6, 6.07) is 2.77. The highest BCUT2D eigenvalue weighted by molar-refractivity contribution is 5.94. The monoisotopic (exact) mass is 280 g/mol. The summed E-state index contributed by atoms with van der Waals surface area (Å²) < 4.78 is 0. The van der Waals surface area contributed by atoms with E-state index in [1.54, 1.807) is 6.92 Å². The number of carboxylic acids is 1. The lowest BCUT2D eigenvalue weighted by molar-refractivity contribution is 0.0694. The molecule has 0 bridgehead atoms. The van der Waals surface area contributed by atoms with Crippen LogP contribution in [0.1, 0.15) is 52.7 Å². The summed E-state index contributed by atoms with van der Waals surface area (Å²) in [4.78, 5) is 26.6. The molecule has 3 N–H and O–H groups in total. The third-order valence-electron chi connectivity index (χ3n) is 3.02. The molecule has 1 heterocycles. The molecule has 110 valence electrons. The van der Waals surface area contributed by atoms with Crippen LogP contribution in [0.5, 0.6) is 0 Å². The van der Waals surface area contributed by atoms with Gasteiger partial charge in [-0.15, -0.1) is 0 Å². The number of aliphatic hydroxyl groups excluding tert-OH is 1. The average molecular weight is 280 g/mol. The first-order valence-corrected chi connectivity index (χ1v) is 6.63. The van der Waals surface area contributed by atoms with Crippen LogP contribution in [0.15, 0.2) is 12.1 Å². The summed E-state index contributed by atoms with van der Waals surface area (Å²) in [5.74, 6) is -1.40. The van der Waals surface area contributed by atoms with E-state index in [0.29, 0.717) is 31.5 Å². The fourth-order valence-electron chi connectivity index (χ4n) is 1.75. The van der Waals surface area contributed by atoms with E-state index in [1.165, 1.54) is 12.1 Å². The number of aromatic nitrogens is 1. The Balaban J connectivity index is 2.52. The van der Waals surface area contributed by atoms with Crippen molar-refractivity contribution in [1.29, 1.82) is 0 Å². The van der Waals surface area contributed by atoms with Gasteiger partial charge in [0.25, 0.3) is 5.91 Å². The molecule has 6 nitrogen and oxygen atoms in total. The fourth-order valence-corrected chi connectivity index (χ4v) is 1.75. The molecule has 1 unspecified atom stereocenters. The number of nitrogens with one attached hydrogen (secondary N) is 1. The van der Waals surface area contributed by atoms with E-state index in [2.05, 4.69) is 10.3 Å². The normalized spacial score (nSPS) is 11.9. The third kappa shape index (κ3) is 4.62. The number of amides is 1. The van der Waals surface area contributed by atoms with Gasteiger partial charge >= 0.3 is 5.97 Å². The van der Waals surface area contributed by atoms with Gasteiger partial charge in [0.05, 0.1) is 17.4 Å². The van der Waals surface area contributed by atoms with Crippen LogP contribution in [0.2, 0.25) is 0 Å². The Labute approximate surface area is 117 Å². The van der Waals surface area contributed by atoms with Gasteiger partial charge in [0.15, 0.2) is 0 Å². The van der Waals surface area contributed by atoms with Crippen LogP contribution in [0.3, 0.4) is 0 Å². The number of carboxylic acid groups (broad SMARTS) is 1. The van der Waals surface area contributed by atoms with Gasteiger partial charge in [-0.1, -0.05) is 6.92 Å². The van der Waals surface area contributed by atoms with Gasteiger partial charge in [0, 0.05) is 6.54 Å². The van der Waals surface area contributed by atoms with Crippen LogP contribution in [0.25, 0.3) is 0 Å². The molecule has 0 radical (unpaired) electrons. The molecule has 0 aliphatic heterocycles. The molecule has 1 amide bonds. The number of aryl methyl sites for hydroxylation is 1. The van der Waals surface area contributed by atoms with Crippen molar-refractivity contribution in [2.75, 3.05) is 6.54 Å². The maximum Gasteiger partial charge on any atom is 0.337 e. The Morgan fingerprint density at radius 3 is 2.65 bits per heavy atom. The van der Waals surface area contributed by atoms with Crippen LogP contribution in [0, 0.1) is 6.92 Å². The zero-order valence-electron chi connectivity index (χ0n) is 11.7. The number of aliphatic hydroxyl groups is 1. The third-order valence-corrected chi connectivity index (χ3v) is 3.02. The maximum absolute atomic E-state index is 11.8. The van der Waals surface area contributed by atoms with Crippen molar-refractivity contribution in [3.8, 4) is 0 Å². The van der Waals surface area contributed by atoms with Crippen molar-refractivity contribution in [3.05, 3.63) is 29.1 Å². The number of nitrogens with zero attached hydrogens (tertiary/aromatic N) is 1. The molecule has 0 aliphatic rings. The molecule has 0 aromatic carbocycles. The average Bonchev–Trinajstić information content (AvgIpc) is 2.42. The lowest BCUT2D eigenvalue weighted by Gasteiger charge is -2.09. The van der Waals surface area contributed by atoms with Crippen molar-refractivity contribution >= 4 is 11.9 Å². The van der Waals surface area contributed by atoms with Crippen LogP contribution < -0.4 is 5.32 Å². The number of carbonyl (C=O) groups is 2. The van der Waals surface area contributed by atoms with E-state index < -0.39 is 5.97 Å². The number of hydrogen-bond donors (Lipinski definition) is 3. The topological polar surface area (TPSA) is 99.5 Å². The number of rotatable bonds is 7. The van der Waals surface area contributed by atoms with E-state index in [1.807, 2.05) is 6.92 Å². The van der Waals surface area contributed by atoms with Crippen LogP contribution in [-0.4, -0.2) is 39.7 Å². The minimum Gasteiger partial charge on any atom is -0.478 e. The molecular weight excluding hydrogens is 260 g/mol. The van der Waals surface area contributed by atoms with E-state index in [-0.39, 0.29) is 23.3 Å². The lowest BCUT2D eigenvalue weighted by Crippen LogP contribution is -2.26. The summed E-state index contributed by atoms with van der Waals surface area (Å²) in [5.41, 5.74) is 0.600. The van der Waals surface area contributed by atoms with E-state index >= 15 is 0 Å². The molecule has 1 aromatic heterocycles. The predicted molar refractivity (Wildman–Crippen MR) is 73.8 cm³/mol. The lowest BCUT2D eigenvalue weighted by atomic mass is 10.1. The summed E-state index contributed by atoms with van der Waals surface area (Å²) in [6.45, 7) is 3.91. The number of hydrogen-bond acceptors (Lipinski definition) is 4. The zero-order chi connectivity index (χ0) is 15.1. The highest BCUT2D eigenvalue weighted by Crippen LogP contribution is 2.07. The van der Waals surface area contributed by atoms with E-state index in [9.17, 15) is 14.7 Å². The molecule has 6 heteroatoms. The van der Waals surface area contributed by atoms with Crippen molar-refractivity contribution in [2.24, 2.45) is 0 Å². The van der Waals surface area contributed by atoms with Gasteiger partial charge < -0.3 is 15.5 Å². The minimum absolute atomic E-state index is 0.0904. The fraction of sp³-hybridized carbons (Fsp3) is 0.500. The largest absolute Gasteiger partial charge is 0.478 e. The first kappa shape index (κ1) is 16.1. The van der Waals surface area contributed by atoms with Crippen LogP contribution in [-0.2, 0) is 0 Å². The van der Waals surface area contributed by atoms with Gasteiger partial charge in [-0.3, -0.25) is 4.79 Å². The number of aromatic carboxylic acids is 1. The first-order chi connectivity index (χ1) is 9.45. The second-order valence-electron chi connectivity index (χ2n) is 4.59. The first-order valence-electron chi connectivity index (χ1n) is 6.63. The van der Waals surface area contributed by atoms with Gasteiger partial charge in [-0.2, -0.15) is 0 Å². The molecule has 1 rings (SSSR count). The van der Waals surface area contributed by atoms with Gasteiger partial charge in [0.1, 0.15) is 5.69 Å². The molecule has 0 fully saturated rings. The molecule has 0 saturated carbocycles. The number of carbonyl (C=O) groups excluding carboxylic acids is 1. The quantitative estimate of drug-likeness (QED) is 0.655. The number of pyridine rings is 1. The summed E-state index contributed by atoms with van der Waals surface area (Å²) in [7, 11) is 0. The molecule has 1 atom stereocenters. The second kappa shape index (κ2) is 7.59. The van der Waals surface area contributed by atoms with Crippen LogP contribution in [0.4, 0.5) is 0 Å². The second-order valence-corrected chi connectivity index (χ2v) is 4.59. The smallest absolute Gasteiger partial charge is 0.337 e. The van der Waals surface area contributed by atoms with Crippen LogP contribution >= 0.6 is 0 Å². The Morgan fingerprint density at radius 1 is 1.40 bits per heavy atom. The van der Waals surface area contributed by atoms with E-state index in [0.717, 1.165) is 0 Å². The predicted octanol–water partition coefficient (Wildman–Crippen LogP) is 1.37. The molecule has 0 saturated heterocycles. The van der Waals surface area contributed by atoms with E-state index in [4.69, 9.17) is 5.11 Å². The Hall–Kier alpha value is -1.95. The Kier molecular flexibility index (Phi) is 6.11. The van der Waals surface area contributed by atoms with Crippen molar-refractivity contribution in [2.45, 2.75) is 39.2 Å². The Bertz CT molecular complexity index is 488.